The van der Waals surface area contributed by atoms with Crippen LogP contribution in [0.3, 0.4) is 0 Å². The van der Waals surface area contributed by atoms with E-state index in [1.165, 1.54) is 0 Å². The van der Waals surface area contributed by atoms with Crippen LogP contribution in [0.25, 0.3) is 5.95 Å². The largest absolute Gasteiger partial charge is 0.292 e. The number of fused-ring (bicyclic) bond motifs is 1. The molecule has 1 unspecified atom stereocenters. The van der Waals surface area contributed by atoms with E-state index >= 15 is 0 Å². The number of anilines is 1. The Morgan fingerprint density at radius 3 is 2.35 bits per heavy atom. The van der Waals surface area contributed by atoms with Crippen LogP contribution in [0.1, 0.15) is 51.7 Å². The molecule has 172 valence electrons. The molecule has 1 atom stereocenters. The quantitative estimate of drug-likeness (QED) is 0.387. The number of amides is 1. The summed E-state index contributed by atoms with van der Waals surface area (Å²) >= 11 is 6.60. The molecular weight excluding hydrogens is 446 g/mol. The second kappa shape index (κ2) is 8.69. The molecule has 1 aliphatic rings. The molecule has 2 aromatic heterocycles. The van der Waals surface area contributed by atoms with Crippen molar-refractivity contribution in [3.05, 3.63) is 99.0 Å². The van der Waals surface area contributed by atoms with Gasteiger partial charge in [0, 0.05) is 34.3 Å². The summed E-state index contributed by atoms with van der Waals surface area (Å²) in [5.41, 5.74) is 6.67. The van der Waals surface area contributed by atoms with Crippen LogP contribution in [0.15, 0.2) is 54.6 Å². The Hall–Kier alpha value is -3.51. The molecule has 5 rings (SSSR count). The van der Waals surface area contributed by atoms with Crippen molar-refractivity contribution in [3.63, 3.8) is 0 Å². The molecule has 0 saturated heterocycles. The summed E-state index contributed by atoms with van der Waals surface area (Å²) in [5, 5.41) is 5.50. The summed E-state index contributed by atoms with van der Waals surface area (Å²) in [4.78, 5) is 24.8. The van der Waals surface area contributed by atoms with E-state index in [0.29, 0.717) is 29.8 Å². The number of rotatable bonds is 4. The van der Waals surface area contributed by atoms with Gasteiger partial charge in [0.15, 0.2) is 0 Å². The standard InChI is InChI=1S/C27H26ClN5O/c1-16-9-5-6-10-20(16)15-32-24(34)14-22(21-11-7-8-12-23(21)28)25-19(4)31-33(26(25)32)27-29-17(2)13-18(3)30-27/h5-13,22H,14-15H2,1-4H3. The number of nitrogens with zero attached hydrogens (tertiary/aromatic N) is 5. The summed E-state index contributed by atoms with van der Waals surface area (Å²) in [6.07, 6.45) is 0.322. The fourth-order valence-electron chi connectivity index (χ4n) is 4.79. The third kappa shape index (κ3) is 3.88. The number of aryl methyl sites for hydroxylation is 4. The molecule has 0 fully saturated rings. The number of carbonyl (C=O) groups is 1. The number of hydrogen-bond donors (Lipinski definition) is 0. The first kappa shape index (κ1) is 22.3. The Kier molecular flexibility index (Phi) is 5.70. The summed E-state index contributed by atoms with van der Waals surface area (Å²) in [7, 11) is 0. The van der Waals surface area contributed by atoms with Crippen molar-refractivity contribution in [2.45, 2.75) is 46.6 Å². The molecule has 6 nitrogen and oxygen atoms in total. The molecule has 7 heteroatoms. The van der Waals surface area contributed by atoms with Gasteiger partial charge in [-0.2, -0.15) is 9.78 Å². The maximum atomic E-state index is 13.7. The maximum absolute atomic E-state index is 13.7. The highest BCUT2D eigenvalue weighted by molar-refractivity contribution is 6.31. The predicted molar refractivity (Wildman–Crippen MR) is 134 cm³/mol. The lowest BCUT2D eigenvalue weighted by Crippen LogP contribution is -2.38. The van der Waals surface area contributed by atoms with Crippen LogP contribution in [0.2, 0.25) is 5.02 Å². The molecule has 2 aromatic carbocycles. The summed E-state index contributed by atoms with van der Waals surface area (Å²) in [6, 6.07) is 17.8. The Bertz CT molecular complexity index is 1390. The predicted octanol–water partition coefficient (Wildman–Crippen LogP) is 5.62. The molecule has 0 bridgehead atoms. The monoisotopic (exact) mass is 471 g/mol. The second-order valence-corrected chi connectivity index (χ2v) is 9.28. The number of carbonyl (C=O) groups excluding carboxylic acids is 1. The molecule has 3 heterocycles. The maximum Gasteiger partial charge on any atom is 0.252 e. The van der Waals surface area contributed by atoms with Crippen LogP contribution in [-0.2, 0) is 11.3 Å². The average Bonchev–Trinajstić information content (AvgIpc) is 3.14. The van der Waals surface area contributed by atoms with Gasteiger partial charge in [0.2, 0.25) is 5.91 Å². The molecule has 0 saturated carbocycles. The Balaban J connectivity index is 1.74. The molecule has 0 N–H and O–H groups in total. The van der Waals surface area contributed by atoms with Gasteiger partial charge in [0.05, 0.1) is 12.2 Å². The molecule has 0 aliphatic carbocycles. The minimum Gasteiger partial charge on any atom is -0.292 e. The highest BCUT2D eigenvalue weighted by Gasteiger charge is 2.39. The third-order valence-electron chi connectivity index (χ3n) is 6.40. The number of hydrogen-bond acceptors (Lipinski definition) is 4. The van der Waals surface area contributed by atoms with Gasteiger partial charge in [0.1, 0.15) is 5.82 Å². The fraction of sp³-hybridized carbons (Fsp3) is 0.259. The normalized spacial score (nSPS) is 15.5. The van der Waals surface area contributed by atoms with E-state index < -0.39 is 0 Å². The average molecular weight is 472 g/mol. The minimum absolute atomic E-state index is 0.0196. The molecular formula is C27H26ClN5O. The van der Waals surface area contributed by atoms with Gasteiger partial charge in [-0.3, -0.25) is 9.69 Å². The van der Waals surface area contributed by atoms with Gasteiger partial charge >= 0.3 is 0 Å². The number of benzene rings is 2. The Morgan fingerprint density at radius 1 is 0.971 bits per heavy atom. The van der Waals surface area contributed by atoms with Crippen molar-refractivity contribution < 1.29 is 4.79 Å². The summed E-state index contributed by atoms with van der Waals surface area (Å²) in [5.74, 6) is 1.01. The second-order valence-electron chi connectivity index (χ2n) is 8.87. The van der Waals surface area contributed by atoms with Crippen LogP contribution < -0.4 is 4.90 Å². The van der Waals surface area contributed by atoms with E-state index in [2.05, 4.69) is 29.0 Å². The van der Waals surface area contributed by atoms with Crippen molar-refractivity contribution in [2.24, 2.45) is 0 Å². The van der Waals surface area contributed by atoms with Gasteiger partial charge in [-0.1, -0.05) is 54.1 Å². The molecule has 4 aromatic rings. The van der Waals surface area contributed by atoms with Gasteiger partial charge in [-0.15, -0.1) is 0 Å². The smallest absolute Gasteiger partial charge is 0.252 e. The first-order valence-electron chi connectivity index (χ1n) is 11.3. The highest BCUT2D eigenvalue weighted by Crippen LogP contribution is 2.45. The summed E-state index contributed by atoms with van der Waals surface area (Å²) < 4.78 is 1.73. The first-order chi connectivity index (χ1) is 16.3. The SMILES string of the molecule is Cc1cc(C)nc(-n2nc(C)c3c2N(Cc2ccccc2C)C(=O)CC3c2ccccc2Cl)n1. The first-order valence-corrected chi connectivity index (χ1v) is 11.7. The van der Waals surface area contributed by atoms with E-state index in [0.717, 1.165) is 39.3 Å². The molecule has 0 radical (unpaired) electrons. The number of halogens is 1. The lowest BCUT2D eigenvalue weighted by Gasteiger charge is -2.33. The third-order valence-corrected chi connectivity index (χ3v) is 6.74. The van der Waals surface area contributed by atoms with Gasteiger partial charge in [-0.25, -0.2) is 9.97 Å². The molecule has 1 amide bonds. The van der Waals surface area contributed by atoms with Gasteiger partial charge in [-0.05, 0) is 56.5 Å². The van der Waals surface area contributed by atoms with E-state index in [-0.39, 0.29) is 11.8 Å². The zero-order valence-electron chi connectivity index (χ0n) is 19.7. The van der Waals surface area contributed by atoms with Crippen LogP contribution in [0.5, 0.6) is 0 Å². The van der Waals surface area contributed by atoms with Crippen molar-refractivity contribution in [3.8, 4) is 5.95 Å². The van der Waals surface area contributed by atoms with Gasteiger partial charge < -0.3 is 0 Å². The van der Waals surface area contributed by atoms with Crippen LogP contribution in [0, 0.1) is 27.7 Å². The van der Waals surface area contributed by atoms with Crippen LogP contribution in [-0.4, -0.2) is 25.7 Å². The lowest BCUT2D eigenvalue weighted by atomic mass is 9.85. The Labute approximate surface area is 204 Å². The zero-order chi connectivity index (χ0) is 24.0. The fourth-order valence-corrected chi connectivity index (χ4v) is 5.05. The Morgan fingerprint density at radius 2 is 1.65 bits per heavy atom. The highest BCUT2D eigenvalue weighted by atomic mass is 35.5. The molecule has 34 heavy (non-hydrogen) atoms. The van der Waals surface area contributed by atoms with Crippen LogP contribution in [0.4, 0.5) is 5.82 Å². The van der Waals surface area contributed by atoms with Crippen molar-refractivity contribution >= 4 is 23.3 Å². The van der Waals surface area contributed by atoms with Crippen molar-refractivity contribution in [1.29, 1.82) is 0 Å². The van der Waals surface area contributed by atoms with Crippen LogP contribution >= 0.6 is 11.6 Å². The van der Waals surface area contributed by atoms with E-state index in [4.69, 9.17) is 16.7 Å². The molecule has 0 spiro atoms. The topological polar surface area (TPSA) is 63.9 Å². The molecule has 1 aliphatic heterocycles. The van der Waals surface area contributed by atoms with Crippen molar-refractivity contribution in [1.82, 2.24) is 19.7 Å². The van der Waals surface area contributed by atoms with E-state index in [9.17, 15) is 4.79 Å². The lowest BCUT2D eigenvalue weighted by molar-refractivity contribution is -0.119. The zero-order valence-corrected chi connectivity index (χ0v) is 20.5. The minimum atomic E-state index is -0.191. The van der Waals surface area contributed by atoms with E-state index in [1.54, 1.807) is 4.68 Å². The van der Waals surface area contributed by atoms with Gasteiger partial charge in [0.25, 0.3) is 5.95 Å². The van der Waals surface area contributed by atoms with Crippen molar-refractivity contribution in [2.75, 3.05) is 4.90 Å². The summed E-state index contributed by atoms with van der Waals surface area (Å²) in [6.45, 7) is 8.35. The van der Waals surface area contributed by atoms with E-state index in [1.807, 2.05) is 68.1 Å². The number of aromatic nitrogens is 4.